The Morgan fingerprint density at radius 3 is 1.91 bits per heavy atom. The van der Waals surface area contributed by atoms with Crippen molar-refractivity contribution in [2.45, 2.75) is 52.6 Å². The van der Waals surface area contributed by atoms with Crippen molar-refractivity contribution in [1.29, 1.82) is 0 Å². The molecular formula is C9H18O2. The summed E-state index contributed by atoms with van der Waals surface area (Å²) in [5, 5.41) is 0. The van der Waals surface area contributed by atoms with Crippen LogP contribution in [0.15, 0.2) is 0 Å². The third-order valence-electron chi connectivity index (χ3n) is 2.01. The Morgan fingerprint density at radius 2 is 1.73 bits per heavy atom. The summed E-state index contributed by atoms with van der Waals surface area (Å²) >= 11 is 0. The summed E-state index contributed by atoms with van der Waals surface area (Å²) < 4.78 is 11.3. The van der Waals surface area contributed by atoms with E-state index in [1.165, 1.54) is 0 Å². The molecule has 0 N–H and O–H groups in total. The molecule has 0 bridgehead atoms. The zero-order valence-electron chi connectivity index (χ0n) is 8.05. The highest BCUT2D eigenvalue weighted by molar-refractivity contribution is 4.80. The van der Waals surface area contributed by atoms with Gasteiger partial charge in [0.25, 0.3) is 0 Å². The van der Waals surface area contributed by atoms with Crippen LogP contribution in [-0.4, -0.2) is 18.0 Å². The average Bonchev–Trinajstić information content (AvgIpc) is 2.05. The predicted octanol–water partition coefficient (Wildman–Crippen LogP) is 2.18. The Bertz CT molecular complexity index is 140. The molecule has 2 atom stereocenters. The number of rotatable bonds is 1. The van der Waals surface area contributed by atoms with Gasteiger partial charge in [-0.25, -0.2) is 0 Å². The van der Waals surface area contributed by atoms with Crippen LogP contribution >= 0.6 is 0 Å². The van der Waals surface area contributed by atoms with Gasteiger partial charge in [-0.3, -0.25) is 0 Å². The Hall–Kier alpha value is -0.0800. The molecule has 66 valence electrons. The molecule has 1 rings (SSSR count). The molecule has 1 aliphatic rings. The van der Waals surface area contributed by atoms with Gasteiger partial charge in [-0.15, -0.1) is 0 Å². The lowest BCUT2D eigenvalue weighted by Crippen LogP contribution is -2.25. The number of hydrogen-bond donors (Lipinski definition) is 0. The molecule has 0 amide bonds. The van der Waals surface area contributed by atoms with Crippen LogP contribution in [0.5, 0.6) is 0 Å². The van der Waals surface area contributed by atoms with E-state index in [1.807, 2.05) is 13.8 Å². The van der Waals surface area contributed by atoms with Crippen molar-refractivity contribution in [3.63, 3.8) is 0 Å². The van der Waals surface area contributed by atoms with Crippen LogP contribution in [0, 0.1) is 5.92 Å². The lowest BCUT2D eigenvalue weighted by molar-refractivity contribution is -0.148. The minimum atomic E-state index is -0.381. The van der Waals surface area contributed by atoms with Gasteiger partial charge in [0.1, 0.15) is 0 Å². The summed E-state index contributed by atoms with van der Waals surface area (Å²) in [5.41, 5.74) is 0. The zero-order chi connectivity index (χ0) is 8.65. The minimum Gasteiger partial charge on any atom is -0.345 e. The second kappa shape index (κ2) is 2.76. The van der Waals surface area contributed by atoms with Gasteiger partial charge in [0.15, 0.2) is 5.79 Å². The maximum Gasteiger partial charge on any atom is 0.163 e. The molecule has 1 saturated heterocycles. The van der Waals surface area contributed by atoms with E-state index in [4.69, 9.17) is 9.47 Å². The molecule has 1 fully saturated rings. The SMILES string of the molecule is CC(C)[C@H]1OC(C)(C)O[C@H]1C. The van der Waals surface area contributed by atoms with Crippen molar-refractivity contribution in [1.82, 2.24) is 0 Å². The van der Waals surface area contributed by atoms with Crippen molar-refractivity contribution in [3.05, 3.63) is 0 Å². The largest absolute Gasteiger partial charge is 0.345 e. The van der Waals surface area contributed by atoms with E-state index >= 15 is 0 Å². The highest BCUT2D eigenvalue weighted by atomic mass is 16.7. The van der Waals surface area contributed by atoms with Crippen LogP contribution in [0.2, 0.25) is 0 Å². The van der Waals surface area contributed by atoms with E-state index in [-0.39, 0.29) is 18.0 Å². The lowest BCUT2D eigenvalue weighted by atomic mass is 10.0. The predicted molar refractivity (Wildman–Crippen MR) is 44.3 cm³/mol. The molecule has 0 spiro atoms. The summed E-state index contributed by atoms with van der Waals surface area (Å²) in [6.07, 6.45) is 0.481. The van der Waals surface area contributed by atoms with Crippen LogP contribution in [0.4, 0.5) is 0 Å². The van der Waals surface area contributed by atoms with Crippen LogP contribution in [-0.2, 0) is 9.47 Å². The van der Waals surface area contributed by atoms with Crippen molar-refractivity contribution in [2.24, 2.45) is 5.92 Å². The van der Waals surface area contributed by atoms with Gasteiger partial charge in [-0.2, -0.15) is 0 Å². The van der Waals surface area contributed by atoms with E-state index in [9.17, 15) is 0 Å². The molecule has 2 nitrogen and oxygen atoms in total. The fourth-order valence-corrected chi connectivity index (χ4v) is 1.64. The highest BCUT2D eigenvalue weighted by Gasteiger charge is 2.39. The Kier molecular flexibility index (Phi) is 2.26. The first-order chi connectivity index (χ1) is 4.92. The number of ether oxygens (including phenoxy) is 2. The van der Waals surface area contributed by atoms with Gasteiger partial charge in [0, 0.05) is 0 Å². The molecule has 0 saturated carbocycles. The van der Waals surface area contributed by atoms with Crippen LogP contribution < -0.4 is 0 Å². The summed E-state index contributed by atoms with van der Waals surface area (Å²) in [5.74, 6) is 0.153. The van der Waals surface area contributed by atoms with E-state index < -0.39 is 0 Å². The third-order valence-corrected chi connectivity index (χ3v) is 2.01. The van der Waals surface area contributed by atoms with Crippen molar-refractivity contribution in [3.8, 4) is 0 Å². The minimum absolute atomic E-state index is 0.227. The highest BCUT2D eigenvalue weighted by Crippen LogP contribution is 2.31. The lowest BCUT2D eigenvalue weighted by Gasteiger charge is -2.18. The van der Waals surface area contributed by atoms with Crippen molar-refractivity contribution >= 4 is 0 Å². The van der Waals surface area contributed by atoms with Gasteiger partial charge in [-0.05, 0) is 26.7 Å². The maximum atomic E-state index is 5.70. The summed E-state index contributed by atoms with van der Waals surface area (Å²) in [6.45, 7) is 10.3. The van der Waals surface area contributed by atoms with Gasteiger partial charge in [0.05, 0.1) is 12.2 Å². The van der Waals surface area contributed by atoms with E-state index in [0.29, 0.717) is 5.92 Å². The average molecular weight is 158 g/mol. The first-order valence-electron chi connectivity index (χ1n) is 4.28. The standard InChI is InChI=1S/C9H18O2/c1-6(2)8-7(3)10-9(4,5)11-8/h6-8H,1-5H3/t7-,8+/m0/s1. The molecule has 0 unspecified atom stereocenters. The Labute approximate surface area is 68.9 Å². The monoisotopic (exact) mass is 158 g/mol. The molecule has 0 aromatic carbocycles. The topological polar surface area (TPSA) is 18.5 Å². The van der Waals surface area contributed by atoms with E-state index in [2.05, 4.69) is 20.8 Å². The summed E-state index contributed by atoms with van der Waals surface area (Å²) in [6, 6.07) is 0. The van der Waals surface area contributed by atoms with Gasteiger partial charge >= 0.3 is 0 Å². The normalized spacial score (nSPS) is 36.5. The second-order valence-electron chi connectivity index (χ2n) is 4.05. The molecule has 1 aliphatic heterocycles. The van der Waals surface area contributed by atoms with Gasteiger partial charge < -0.3 is 9.47 Å². The second-order valence-corrected chi connectivity index (χ2v) is 4.05. The van der Waals surface area contributed by atoms with Crippen LogP contribution in [0.1, 0.15) is 34.6 Å². The van der Waals surface area contributed by atoms with Crippen molar-refractivity contribution < 1.29 is 9.47 Å². The van der Waals surface area contributed by atoms with E-state index in [1.54, 1.807) is 0 Å². The number of hydrogen-bond acceptors (Lipinski definition) is 2. The third kappa shape index (κ3) is 1.94. The van der Waals surface area contributed by atoms with Crippen molar-refractivity contribution in [2.75, 3.05) is 0 Å². The molecule has 11 heavy (non-hydrogen) atoms. The summed E-state index contributed by atoms with van der Waals surface area (Å²) in [4.78, 5) is 0. The summed E-state index contributed by atoms with van der Waals surface area (Å²) in [7, 11) is 0. The molecule has 1 heterocycles. The van der Waals surface area contributed by atoms with Gasteiger partial charge in [0.2, 0.25) is 0 Å². The quantitative estimate of drug-likeness (QED) is 0.582. The van der Waals surface area contributed by atoms with Crippen LogP contribution in [0.25, 0.3) is 0 Å². The zero-order valence-corrected chi connectivity index (χ0v) is 8.05. The smallest absolute Gasteiger partial charge is 0.163 e. The first-order valence-corrected chi connectivity index (χ1v) is 4.28. The first kappa shape index (κ1) is 9.01. The molecule has 0 aromatic heterocycles. The van der Waals surface area contributed by atoms with Gasteiger partial charge in [-0.1, -0.05) is 13.8 Å². The van der Waals surface area contributed by atoms with Crippen LogP contribution in [0.3, 0.4) is 0 Å². The molecule has 0 aliphatic carbocycles. The molecule has 0 aromatic rings. The van der Waals surface area contributed by atoms with E-state index in [0.717, 1.165) is 0 Å². The Morgan fingerprint density at radius 1 is 1.18 bits per heavy atom. The maximum absolute atomic E-state index is 5.70. The fraction of sp³-hybridized carbons (Fsp3) is 1.00. The molecule has 2 heteroatoms. The Balaban J connectivity index is 2.59. The fourth-order valence-electron chi connectivity index (χ4n) is 1.64. The molecule has 0 radical (unpaired) electrons. The molecular weight excluding hydrogens is 140 g/mol.